The summed E-state index contributed by atoms with van der Waals surface area (Å²) in [6.45, 7) is 0. The molecule has 1 aromatic carbocycles. The van der Waals surface area contributed by atoms with Crippen LogP contribution in [0, 0.1) is 0 Å². The van der Waals surface area contributed by atoms with Gasteiger partial charge in [-0.15, -0.1) is 11.3 Å². The molecule has 3 N–H and O–H groups in total. The second-order valence-corrected chi connectivity index (χ2v) is 5.17. The molecule has 0 radical (unpaired) electrons. The second-order valence-electron chi connectivity index (χ2n) is 4.02. The maximum atomic E-state index is 5.62. The number of hydrogen-bond acceptors (Lipinski definition) is 3. The van der Waals surface area contributed by atoms with Gasteiger partial charge in [-0.05, 0) is 24.5 Å². The minimum atomic E-state index is 0.652. The number of anilines is 1. The summed E-state index contributed by atoms with van der Waals surface area (Å²) < 4.78 is 0. The fourth-order valence-corrected chi connectivity index (χ4v) is 2.72. The highest BCUT2D eigenvalue weighted by Gasteiger charge is 2.04. The Kier molecular flexibility index (Phi) is 2.57. The lowest BCUT2D eigenvalue weighted by molar-refractivity contribution is 0.985. The lowest BCUT2D eigenvalue weighted by Crippen LogP contribution is -1.86. The number of aromatic nitrogens is 2. The van der Waals surface area contributed by atoms with E-state index in [2.05, 4.69) is 34.4 Å². The van der Waals surface area contributed by atoms with Crippen molar-refractivity contribution in [3.05, 3.63) is 47.1 Å². The fourth-order valence-electron chi connectivity index (χ4n) is 2.03. The summed E-state index contributed by atoms with van der Waals surface area (Å²) in [6.07, 6.45) is 5.98. The molecule has 0 unspecified atom stereocenters. The first-order chi connectivity index (χ1) is 8.33. The van der Waals surface area contributed by atoms with E-state index < -0.39 is 0 Å². The maximum Gasteiger partial charge on any atom is 0.180 e. The summed E-state index contributed by atoms with van der Waals surface area (Å²) >= 11 is 1.57. The van der Waals surface area contributed by atoms with Crippen LogP contribution in [0.5, 0.6) is 0 Å². The SMILES string of the molecule is Nc1ncc(CCc2c[nH]c3ccccc23)s1. The van der Waals surface area contributed by atoms with Gasteiger partial charge in [0.05, 0.1) is 0 Å². The van der Waals surface area contributed by atoms with Gasteiger partial charge in [-0.3, -0.25) is 0 Å². The summed E-state index contributed by atoms with van der Waals surface area (Å²) in [5, 5.41) is 1.96. The summed E-state index contributed by atoms with van der Waals surface area (Å²) in [6, 6.07) is 8.38. The molecule has 0 aliphatic carbocycles. The zero-order valence-electron chi connectivity index (χ0n) is 9.31. The van der Waals surface area contributed by atoms with Crippen molar-refractivity contribution < 1.29 is 0 Å². The van der Waals surface area contributed by atoms with Crippen LogP contribution >= 0.6 is 11.3 Å². The Balaban J connectivity index is 1.81. The molecule has 2 heterocycles. The molecule has 0 atom stereocenters. The van der Waals surface area contributed by atoms with E-state index in [0.29, 0.717) is 5.13 Å². The predicted molar refractivity (Wildman–Crippen MR) is 72.2 cm³/mol. The number of rotatable bonds is 3. The number of para-hydroxylation sites is 1. The first-order valence-corrected chi connectivity index (χ1v) is 6.40. The Morgan fingerprint density at radius 1 is 1.24 bits per heavy atom. The number of nitrogens with one attached hydrogen (secondary N) is 1. The minimum absolute atomic E-state index is 0.652. The molecule has 17 heavy (non-hydrogen) atoms. The number of nitrogens with zero attached hydrogens (tertiary/aromatic N) is 1. The van der Waals surface area contributed by atoms with Crippen LogP contribution in [0.1, 0.15) is 10.4 Å². The van der Waals surface area contributed by atoms with Crippen LogP contribution in [0.3, 0.4) is 0 Å². The number of hydrogen-bond donors (Lipinski definition) is 2. The van der Waals surface area contributed by atoms with Crippen molar-refractivity contribution in [3.63, 3.8) is 0 Å². The lowest BCUT2D eigenvalue weighted by atomic mass is 10.1. The van der Waals surface area contributed by atoms with E-state index in [1.54, 1.807) is 11.3 Å². The zero-order chi connectivity index (χ0) is 11.7. The molecule has 0 bridgehead atoms. The molecule has 0 aliphatic heterocycles. The molecule has 0 aliphatic rings. The first-order valence-electron chi connectivity index (χ1n) is 5.58. The van der Waals surface area contributed by atoms with E-state index in [4.69, 9.17) is 5.73 Å². The molecule has 0 saturated carbocycles. The normalized spacial score (nSPS) is 11.1. The van der Waals surface area contributed by atoms with Gasteiger partial charge >= 0.3 is 0 Å². The molecular formula is C13H13N3S. The highest BCUT2D eigenvalue weighted by atomic mass is 32.1. The summed E-state index contributed by atoms with van der Waals surface area (Å²) in [5.74, 6) is 0. The van der Waals surface area contributed by atoms with E-state index in [9.17, 15) is 0 Å². The maximum absolute atomic E-state index is 5.62. The van der Waals surface area contributed by atoms with Gasteiger partial charge in [0.15, 0.2) is 5.13 Å². The summed E-state index contributed by atoms with van der Waals surface area (Å²) in [7, 11) is 0. The van der Waals surface area contributed by atoms with E-state index in [0.717, 1.165) is 12.8 Å². The smallest absolute Gasteiger partial charge is 0.180 e. The lowest BCUT2D eigenvalue weighted by Gasteiger charge is -1.97. The molecule has 3 nitrogen and oxygen atoms in total. The third kappa shape index (κ3) is 2.03. The molecule has 0 amide bonds. The van der Waals surface area contributed by atoms with Gasteiger partial charge < -0.3 is 10.7 Å². The number of nitrogen functional groups attached to an aromatic ring is 1. The third-order valence-corrected chi connectivity index (χ3v) is 3.77. The Hall–Kier alpha value is -1.81. The van der Waals surface area contributed by atoms with Gasteiger partial charge in [-0.25, -0.2) is 4.98 Å². The van der Waals surface area contributed by atoms with Gasteiger partial charge in [0.2, 0.25) is 0 Å². The van der Waals surface area contributed by atoms with Gasteiger partial charge in [0.25, 0.3) is 0 Å². The zero-order valence-corrected chi connectivity index (χ0v) is 10.1. The second kappa shape index (κ2) is 4.22. The quantitative estimate of drug-likeness (QED) is 0.743. The topological polar surface area (TPSA) is 54.7 Å². The summed E-state index contributed by atoms with van der Waals surface area (Å²) in [4.78, 5) is 8.60. The van der Waals surface area contributed by atoms with Gasteiger partial charge in [-0.2, -0.15) is 0 Å². The average molecular weight is 243 g/mol. The highest BCUT2D eigenvalue weighted by molar-refractivity contribution is 7.15. The monoisotopic (exact) mass is 243 g/mol. The number of H-pyrrole nitrogens is 1. The van der Waals surface area contributed by atoms with Crippen LogP contribution in [0.4, 0.5) is 5.13 Å². The number of thiazole rings is 1. The molecule has 2 aromatic heterocycles. The van der Waals surface area contributed by atoms with Crippen molar-refractivity contribution >= 4 is 27.4 Å². The van der Waals surface area contributed by atoms with Crippen LogP contribution in [0.2, 0.25) is 0 Å². The Bertz CT molecular complexity index is 639. The van der Waals surface area contributed by atoms with Crippen molar-refractivity contribution in [2.45, 2.75) is 12.8 Å². The number of aromatic amines is 1. The third-order valence-electron chi connectivity index (χ3n) is 2.89. The number of benzene rings is 1. The molecule has 3 rings (SSSR count). The number of fused-ring (bicyclic) bond motifs is 1. The average Bonchev–Trinajstić information content (AvgIpc) is 2.93. The largest absolute Gasteiger partial charge is 0.375 e. The number of nitrogens with two attached hydrogens (primary N) is 1. The van der Waals surface area contributed by atoms with Crippen LogP contribution in [0.25, 0.3) is 10.9 Å². The fraction of sp³-hybridized carbons (Fsp3) is 0.154. The Morgan fingerprint density at radius 2 is 2.12 bits per heavy atom. The molecule has 4 heteroatoms. The van der Waals surface area contributed by atoms with Gasteiger partial charge in [-0.1, -0.05) is 18.2 Å². The molecule has 86 valence electrons. The summed E-state index contributed by atoms with van der Waals surface area (Å²) in [5.41, 5.74) is 8.17. The molecule has 3 aromatic rings. The Morgan fingerprint density at radius 3 is 2.94 bits per heavy atom. The van der Waals surface area contributed by atoms with Crippen LogP contribution in [0.15, 0.2) is 36.7 Å². The van der Waals surface area contributed by atoms with Crippen LogP contribution < -0.4 is 5.73 Å². The van der Waals surface area contributed by atoms with E-state index in [1.807, 2.05) is 12.3 Å². The minimum Gasteiger partial charge on any atom is -0.375 e. The van der Waals surface area contributed by atoms with Crippen LogP contribution in [-0.2, 0) is 12.8 Å². The van der Waals surface area contributed by atoms with Crippen molar-refractivity contribution in [1.29, 1.82) is 0 Å². The standard InChI is InChI=1S/C13H13N3S/c14-13-16-8-10(17-13)6-5-9-7-15-12-4-2-1-3-11(9)12/h1-4,7-8,15H,5-6H2,(H2,14,16). The van der Waals surface area contributed by atoms with Crippen molar-refractivity contribution in [1.82, 2.24) is 9.97 Å². The molecular weight excluding hydrogens is 230 g/mol. The van der Waals surface area contributed by atoms with Crippen LogP contribution in [-0.4, -0.2) is 9.97 Å². The molecule has 0 fully saturated rings. The van der Waals surface area contributed by atoms with E-state index >= 15 is 0 Å². The van der Waals surface area contributed by atoms with Gasteiger partial charge in [0, 0.05) is 28.2 Å². The van der Waals surface area contributed by atoms with Crippen molar-refractivity contribution in [2.24, 2.45) is 0 Å². The number of aryl methyl sites for hydroxylation is 2. The van der Waals surface area contributed by atoms with Crippen molar-refractivity contribution in [3.8, 4) is 0 Å². The predicted octanol–water partition coefficient (Wildman–Crippen LogP) is 2.99. The first kappa shape index (κ1) is 10.4. The van der Waals surface area contributed by atoms with Gasteiger partial charge in [0.1, 0.15) is 0 Å². The van der Waals surface area contributed by atoms with E-state index in [-0.39, 0.29) is 0 Å². The highest BCUT2D eigenvalue weighted by Crippen LogP contribution is 2.21. The Labute approximate surface area is 103 Å². The molecule has 0 spiro atoms. The molecule has 0 saturated heterocycles. The van der Waals surface area contributed by atoms with Crippen molar-refractivity contribution in [2.75, 3.05) is 5.73 Å². The van der Waals surface area contributed by atoms with E-state index in [1.165, 1.54) is 21.3 Å².